The summed E-state index contributed by atoms with van der Waals surface area (Å²) in [7, 11) is 1.57. The molecule has 1 atom stereocenters. The fourth-order valence-electron chi connectivity index (χ4n) is 3.51. The van der Waals surface area contributed by atoms with Gasteiger partial charge < -0.3 is 19.4 Å². The van der Waals surface area contributed by atoms with Gasteiger partial charge in [0.15, 0.2) is 5.16 Å². The minimum absolute atomic E-state index is 0.205. The van der Waals surface area contributed by atoms with E-state index in [2.05, 4.69) is 18.8 Å². The number of hydrogen-bond acceptors (Lipinski definition) is 8. The van der Waals surface area contributed by atoms with E-state index in [1.54, 1.807) is 31.4 Å². The molecule has 0 amide bonds. The number of rotatable bonds is 6. The molecule has 30 heavy (non-hydrogen) atoms. The summed E-state index contributed by atoms with van der Waals surface area (Å²) in [6.45, 7) is 4.57. The van der Waals surface area contributed by atoms with Crippen LogP contribution in [0.4, 0.5) is 0 Å². The van der Waals surface area contributed by atoms with Gasteiger partial charge in [-0.1, -0.05) is 18.7 Å². The van der Waals surface area contributed by atoms with Crippen molar-refractivity contribution in [2.75, 3.05) is 12.9 Å². The second-order valence-corrected chi connectivity index (χ2v) is 9.37. The monoisotopic (exact) mass is 445 g/mol. The predicted octanol–water partition coefficient (Wildman–Crippen LogP) is 2.54. The molecule has 1 aliphatic rings. The van der Waals surface area contributed by atoms with Crippen molar-refractivity contribution in [1.29, 1.82) is 0 Å². The van der Waals surface area contributed by atoms with E-state index in [0.717, 1.165) is 28.6 Å². The zero-order valence-corrected chi connectivity index (χ0v) is 18.5. The molecular weight excluding hydrogens is 424 g/mol. The number of thiophene rings is 1. The molecule has 0 N–H and O–H groups in total. The SMILES string of the molecule is CC[C@@]1(C)Cc2c(sc3nc(SCC(=O)[O-])n(-c4ccc(OC)cc4)c(=O)c23)CO1. The Balaban J connectivity index is 1.93. The molecule has 0 saturated carbocycles. The van der Waals surface area contributed by atoms with E-state index in [-0.39, 0.29) is 16.9 Å². The smallest absolute Gasteiger partial charge is 0.267 e. The molecule has 7 nitrogen and oxygen atoms in total. The van der Waals surface area contributed by atoms with E-state index in [4.69, 9.17) is 9.47 Å². The van der Waals surface area contributed by atoms with Gasteiger partial charge in [0.25, 0.3) is 5.56 Å². The van der Waals surface area contributed by atoms with E-state index in [9.17, 15) is 14.7 Å². The number of nitrogens with zero attached hydrogens (tertiary/aromatic N) is 2. The highest BCUT2D eigenvalue weighted by molar-refractivity contribution is 7.99. The van der Waals surface area contributed by atoms with E-state index in [1.165, 1.54) is 15.9 Å². The summed E-state index contributed by atoms with van der Waals surface area (Å²) in [6.07, 6.45) is 1.48. The Hall–Kier alpha value is -2.36. The van der Waals surface area contributed by atoms with E-state index in [1.807, 2.05) is 0 Å². The Kier molecular flexibility index (Phi) is 5.61. The lowest BCUT2D eigenvalue weighted by Gasteiger charge is -2.32. The fraction of sp³-hybridized carbons (Fsp3) is 0.381. The van der Waals surface area contributed by atoms with Crippen LogP contribution in [0.1, 0.15) is 30.7 Å². The maximum Gasteiger partial charge on any atom is 0.267 e. The van der Waals surface area contributed by atoms with E-state index in [0.29, 0.717) is 39.8 Å². The van der Waals surface area contributed by atoms with Crippen LogP contribution in [-0.4, -0.2) is 34.0 Å². The summed E-state index contributed by atoms with van der Waals surface area (Å²) in [6, 6.07) is 7.03. The minimum atomic E-state index is -1.21. The van der Waals surface area contributed by atoms with Crippen LogP contribution in [0.25, 0.3) is 15.9 Å². The van der Waals surface area contributed by atoms with Gasteiger partial charge in [0.2, 0.25) is 0 Å². The van der Waals surface area contributed by atoms with Gasteiger partial charge in [-0.25, -0.2) is 4.98 Å². The summed E-state index contributed by atoms with van der Waals surface area (Å²) in [4.78, 5) is 31.0. The summed E-state index contributed by atoms with van der Waals surface area (Å²) in [5, 5.41) is 11.9. The molecule has 0 bridgehead atoms. The normalized spacial score (nSPS) is 18.4. The third kappa shape index (κ3) is 3.73. The van der Waals surface area contributed by atoms with Gasteiger partial charge in [-0.3, -0.25) is 9.36 Å². The fourth-order valence-corrected chi connectivity index (χ4v) is 5.38. The molecule has 3 aromatic rings. The highest BCUT2D eigenvalue weighted by Crippen LogP contribution is 2.39. The first-order chi connectivity index (χ1) is 14.3. The molecule has 0 aliphatic carbocycles. The van der Waals surface area contributed by atoms with Crippen LogP contribution in [0.5, 0.6) is 5.75 Å². The van der Waals surface area contributed by atoms with Crippen LogP contribution < -0.4 is 15.4 Å². The number of carbonyl (C=O) groups is 1. The molecule has 1 aliphatic heterocycles. The highest BCUT2D eigenvalue weighted by atomic mass is 32.2. The first-order valence-electron chi connectivity index (χ1n) is 9.53. The number of ether oxygens (including phenoxy) is 2. The maximum absolute atomic E-state index is 13.7. The average Bonchev–Trinajstić information content (AvgIpc) is 3.10. The molecular formula is C21H21N2O5S2-. The molecule has 2 aromatic heterocycles. The van der Waals surface area contributed by atoms with Gasteiger partial charge in [-0.15, -0.1) is 11.3 Å². The molecule has 0 fully saturated rings. The van der Waals surface area contributed by atoms with Gasteiger partial charge in [-0.2, -0.15) is 0 Å². The first kappa shape index (κ1) is 20.9. The van der Waals surface area contributed by atoms with E-state index >= 15 is 0 Å². The molecule has 158 valence electrons. The Morgan fingerprint density at radius 2 is 2.13 bits per heavy atom. The Labute approximate surface area is 181 Å². The summed E-state index contributed by atoms with van der Waals surface area (Å²) < 4.78 is 12.7. The molecule has 0 saturated heterocycles. The predicted molar refractivity (Wildman–Crippen MR) is 115 cm³/mol. The topological polar surface area (TPSA) is 93.5 Å². The molecule has 3 heterocycles. The lowest BCUT2D eigenvalue weighted by Crippen LogP contribution is -2.34. The third-order valence-corrected chi connectivity index (χ3v) is 7.39. The lowest BCUT2D eigenvalue weighted by atomic mass is 9.90. The zero-order chi connectivity index (χ0) is 21.5. The van der Waals surface area contributed by atoms with Crippen molar-refractivity contribution in [2.24, 2.45) is 0 Å². The average molecular weight is 446 g/mol. The second-order valence-electron chi connectivity index (χ2n) is 7.35. The van der Waals surface area contributed by atoms with Gasteiger partial charge >= 0.3 is 0 Å². The summed E-state index contributed by atoms with van der Waals surface area (Å²) >= 11 is 2.41. The van der Waals surface area contributed by atoms with Crippen molar-refractivity contribution in [1.82, 2.24) is 9.55 Å². The van der Waals surface area contributed by atoms with Gasteiger partial charge in [0.1, 0.15) is 10.6 Å². The number of hydrogen-bond donors (Lipinski definition) is 0. The zero-order valence-electron chi connectivity index (χ0n) is 16.9. The number of benzene rings is 1. The largest absolute Gasteiger partial charge is 0.549 e. The van der Waals surface area contributed by atoms with Crippen LogP contribution >= 0.6 is 23.1 Å². The first-order valence-corrected chi connectivity index (χ1v) is 11.3. The van der Waals surface area contributed by atoms with Crippen LogP contribution in [0.15, 0.2) is 34.2 Å². The Morgan fingerprint density at radius 3 is 2.77 bits per heavy atom. The Morgan fingerprint density at radius 1 is 1.40 bits per heavy atom. The molecule has 0 spiro atoms. The number of fused-ring (bicyclic) bond motifs is 3. The molecule has 4 rings (SSSR count). The lowest BCUT2D eigenvalue weighted by molar-refractivity contribution is -0.301. The maximum atomic E-state index is 13.7. The number of aromatic nitrogens is 2. The summed E-state index contributed by atoms with van der Waals surface area (Å²) in [5.41, 5.74) is 1.06. The van der Waals surface area contributed by atoms with Gasteiger partial charge in [-0.05, 0) is 43.2 Å². The quantitative estimate of drug-likeness (QED) is 0.425. The van der Waals surface area contributed by atoms with Crippen molar-refractivity contribution in [2.45, 2.75) is 44.1 Å². The number of carbonyl (C=O) groups excluding carboxylic acids is 1. The molecule has 9 heteroatoms. The van der Waals surface area contributed by atoms with Crippen LogP contribution in [-0.2, 0) is 22.6 Å². The number of aliphatic carboxylic acids is 1. The van der Waals surface area contributed by atoms with Crippen molar-refractivity contribution >= 4 is 39.3 Å². The van der Waals surface area contributed by atoms with Crippen molar-refractivity contribution < 1.29 is 19.4 Å². The van der Waals surface area contributed by atoms with E-state index < -0.39 is 5.97 Å². The molecule has 1 aromatic carbocycles. The van der Waals surface area contributed by atoms with Crippen LogP contribution in [0.3, 0.4) is 0 Å². The summed E-state index contributed by atoms with van der Waals surface area (Å²) in [5.74, 6) is -0.849. The van der Waals surface area contributed by atoms with Crippen molar-refractivity contribution in [3.8, 4) is 11.4 Å². The Bertz CT molecular complexity index is 1170. The number of carboxylic acid groups (broad SMARTS) is 1. The van der Waals surface area contributed by atoms with Crippen molar-refractivity contribution in [3.63, 3.8) is 0 Å². The molecule has 0 radical (unpaired) electrons. The number of methoxy groups -OCH3 is 1. The van der Waals surface area contributed by atoms with Crippen LogP contribution in [0.2, 0.25) is 0 Å². The standard InChI is InChI=1S/C21H22N2O5S2/c1-4-21(2)9-14-15(10-28-21)30-18-17(14)19(26)23(20(22-18)29-11-16(24)25)12-5-7-13(27-3)8-6-12/h5-8H,4,9-11H2,1-3H3,(H,24,25)/p-1/t21-/m0/s1. The van der Waals surface area contributed by atoms with Crippen molar-refractivity contribution in [3.05, 3.63) is 45.1 Å². The number of carboxylic acids is 1. The highest BCUT2D eigenvalue weighted by Gasteiger charge is 2.33. The van der Waals surface area contributed by atoms with Gasteiger partial charge in [0.05, 0.1) is 36.4 Å². The molecule has 0 unspecified atom stereocenters. The second kappa shape index (κ2) is 8.05. The van der Waals surface area contributed by atoms with Gasteiger partial charge in [0, 0.05) is 17.1 Å². The third-order valence-electron chi connectivity index (χ3n) is 5.38. The van der Waals surface area contributed by atoms with Crippen LogP contribution in [0, 0.1) is 0 Å². The minimum Gasteiger partial charge on any atom is -0.549 e. The number of thioether (sulfide) groups is 1.